The lowest BCUT2D eigenvalue weighted by Gasteiger charge is -2.40. The third-order valence-electron chi connectivity index (χ3n) is 3.34. The van der Waals surface area contributed by atoms with Crippen LogP contribution in [0.4, 0.5) is 4.39 Å². The maximum atomic E-state index is 13.4. The molecule has 1 saturated heterocycles. The highest BCUT2D eigenvalue weighted by atomic mass is 32.2. The lowest BCUT2D eigenvalue weighted by Crippen LogP contribution is -2.55. The van der Waals surface area contributed by atoms with Crippen LogP contribution in [0.25, 0.3) is 0 Å². The number of hydrogen-bond donors (Lipinski definition) is 1. The molecule has 0 spiro atoms. The summed E-state index contributed by atoms with van der Waals surface area (Å²) in [6.07, 6.45) is 0. The van der Waals surface area contributed by atoms with Crippen molar-refractivity contribution in [3.8, 4) is 0 Å². The van der Waals surface area contributed by atoms with Crippen molar-refractivity contribution in [3.63, 3.8) is 0 Å². The quantitative estimate of drug-likeness (QED) is 0.908. The molecule has 112 valence electrons. The smallest absolute Gasteiger partial charge is 0.243 e. The van der Waals surface area contributed by atoms with Crippen LogP contribution in [-0.2, 0) is 21.4 Å². The van der Waals surface area contributed by atoms with Gasteiger partial charge < -0.3 is 9.84 Å². The van der Waals surface area contributed by atoms with Crippen LogP contribution in [-0.4, -0.2) is 43.1 Å². The highest BCUT2D eigenvalue weighted by Crippen LogP contribution is 2.28. The molecule has 5 nitrogen and oxygen atoms in total. The molecule has 1 aromatic rings. The summed E-state index contributed by atoms with van der Waals surface area (Å²) in [4.78, 5) is -0.0158. The molecule has 1 aliphatic heterocycles. The highest BCUT2D eigenvalue weighted by Gasteiger charge is 2.39. The Bertz CT molecular complexity index is 600. The average Bonchev–Trinajstić information content (AvgIpc) is 2.38. The fourth-order valence-electron chi connectivity index (χ4n) is 2.25. The Kier molecular flexibility index (Phi) is 4.15. The van der Waals surface area contributed by atoms with Crippen molar-refractivity contribution >= 4 is 10.0 Å². The van der Waals surface area contributed by atoms with Gasteiger partial charge in [0.1, 0.15) is 5.82 Å². The van der Waals surface area contributed by atoms with E-state index in [2.05, 4.69) is 0 Å². The number of ether oxygens (including phenoxy) is 1. The fourth-order valence-corrected chi connectivity index (χ4v) is 4.05. The van der Waals surface area contributed by atoms with Crippen molar-refractivity contribution in [1.29, 1.82) is 0 Å². The maximum absolute atomic E-state index is 13.4. The summed E-state index contributed by atoms with van der Waals surface area (Å²) >= 11 is 0. The molecule has 0 aliphatic carbocycles. The summed E-state index contributed by atoms with van der Waals surface area (Å²) in [5.74, 6) is -0.618. The molecular formula is C13H18FNO4S. The zero-order chi connectivity index (χ0) is 15.0. The molecule has 0 amide bonds. The number of morpholine rings is 1. The molecular weight excluding hydrogens is 285 g/mol. The first-order valence-electron chi connectivity index (χ1n) is 6.29. The van der Waals surface area contributed by atoms with Crippen LogP contribution in [0.2, 0.25) is 0 Å². The predicted octanol–water partition coefficient (Wildman–Crippen LogP) is 1.12. The number of rotatable bonds is 3. The minimum atomic E-state index is -3.74. The van der Waals surface area contributed by atoms with Gasteiger partial charge in [-0.3, -0.25) is 0 Å². The van der Waals surface area contributed by atoms with E-state index in [4.69, 9.17) is 9.84 Å². The van der Waals surface area contributed by atoms with E-state index in [1.807, 2.05) is 0 Å². The zero-order valence-electron chi connectivity index (χ0n) is 11.5. The number of halogens is 1. The molecule has 1 N–H and O–H groups in total. The molecule has 0 bridgehead atoms. The molecule has 0 radical (unpaired) electrons. The largest absolute Gasteiger partial charge is 0.392 e. The SMILES string of the molecule is CC1(C)COCCN1S(=O)(=O)c1ccc(F)c(CO)c1. The van der Waals surface area contributed by atoms with Gasteiger partial charge in [-0.05, 0) is 32.0 Å². The van der Waals surface area contributed by atoms with Gasteiger partial charge in [-0.15, -0.1) is 0 Å². The van der Waals surface area contributed by atoms with E-state index in [1.165, 1.54) is 16.4 Å². The average molecular weight is 303 g/mol. The molecule has 2 rings (SSSR count). The zero-order valence-corrected chi connectivity index (χ0v) is 12.3. The van der Waals surface area contributed by atoms with Crippen molar-refractivity contribution in [2.45, 2.75) is 30.9 Å². The first-order chi connectivity index (χ1) is 9.29. The van der Waals surface area contributed by atoms with Gasteiger partial charge in [0, 0.05) is 12.1 Å². The molecule has 1 aliphatic rings. The van der Waals surface area contributed by atoms with Crippen LogP contribution >= 0.6 is 0 Å². The Hall–Kier alpha value is -1.02. The first kappa shape index (κ1) is 15.4. The Morgan fingerprint density at radius 3 is 2.75 bits per heavy atom. The normalized spacial score (nSPS) is 20.0. The van der Waals surface area contributed by atoms with Crippen molar-refractivity contribution < 1.29 is 22.7 Å². The van der Waals surface area contributed by atoms with E-state index in [0.29, 0.717) is 13.2 Å². The Morgan fingerprint density at radius 2 is 2.15 bits per heavy atom. The lowest BCUT2D eigenvalue weighted by atomic mass is 10.1. The summed E-state index contributed by atoms with van der Waals surface area (Å²) in [6, 6.07) is 3.46. The van der Waals surface area contributed by atoms with E-state index in [-0.39, 0.29) is 17.0 Å². The van der Waals surface area contributed by atoms with E-state index in [0.717, 1.165) is 6.07 Å². The van der Waals surface area contributed by atoms with Gasteiger partial charge in [0.05, 0.1) is 30.3 Å². The van der Waals surface area contributed by atoms with Gasteiger partial charge in [0.25, 0.3) is 0 Å². The molecule has 20 heavy (non-hydrogen) atoms. The maximum Gasteiger partial charge on any atom is 0.243 e. The summed E-state index contributed by atoms with van der Waals surface area (Å²) in [6.45, 7) is 3.90. The molecule has 1 fully saturated rings. The van der Waals surface area contributed by atoms with Crippen LogP contribution in [0.1, 0.15) is 19.4 Å². The van der Waals surface area contributed by atoms with E-state index >= 15 is 0 Å². The van der Waals surface area contributed by atoms with Gasteiger partial charge in [-0.2, -0.15) is 4.31 Å². The number of nitrogens with zero attached hydrogens (tertiary/aromatic N) is 1. The Labute approximate surface area is 118 Å². The fraction of sp³-hybridized carbons (Fsp3) is 0.538. The van der Waals surface area contributed by atoms with Crippen LogP contribution in [0, 0.1) is 5.82 Å². The Balaban J connectivity index is 2.44. The van der Waals surface area contributed by atoms with Gasteiger partial charge >= 0.3 is 0 Å². The van der Waals surface area contributed by atoms with Crippen LogP contribution in [0.5, 0.6) is 0 Å². The van der Waals surface area contributed by atoms with E-state index in [1.54, 1.807) is 13.8 Å². The van der Waals surface area contributed by atoms with Gasteiger partial charge in [0.2, 0.25) is 10.0 Å². The standard InChI is InChI=1S/C13H18FNO4S/c1-13(2)9-19-6-5-15(13)20(17,18)11-3-4-12(14)10(7-11)8-16/h3-4,7,16H,5-6,8-9H2,1-2H3. The number of aliphatic hydroxyl groups is 1. The van der Waals surface area contributed by atoms with Crippen molar-refractivity contribution in [2.24, 2.45) is 0 Å². The number of aliphatic hydroxyl groups excluding tert-OH is 1. The summed E-state index contributed by atoms with van der Waals surface area (Å²) < 4.78 is 45.3. The van der Waals surface area contributed by atoms with Gasteiger partial charge in [-0.1, -0.05) is 0 Å². The number of sulfonamides is 1. The molecule has 0 saturated carbocycles. The molecule has 1 heterocycles. The number of benzene rings is 1. The summed E-state index contributed by atoms with van der Waals surface area (Å²) in [7, 11) is -3.74. The minimum absolute atomic E-state index is 0.0158. The summed E-state index contributed by atoms with van der Waals surface area (Å²) in [5.41, 5.74) is -0.692. The lowest BCUT2D eigenvalue weighted by molar-refractivity contribution is -0.00771. The molecule has 1 aromatic carbocycles. The third-order valence-corrected chi connectivity index (χ3v) is 5.45. The topological polar surface area (TPSA) is 66.8 Å². The summed E-state index contributed by atoms with van der Waals surface area (Å²) in [5, 5.41) is 9.05. The minimum Gasteiger partial charge on any atom is -0.392 e. The number of hydrogen-bond acceptors (Lipinski definition) is 4. The van der Waals surface area contributed by atoms with Crippen molar-refractivity contribution in [3.05, 3.63) is 29.6 Å². The third kappa shape index (κ3) is 2.71. The second-order valence-electron chi connectivity index (χ2n) is 5.35. The van der Waals surface area contributed by atoms with Crippen LogP contribution in [0.3, 0.4) is 0 Å². The van der Waals surface area contributed by atoms with E-state index in [9.17, 15) is 12.8 Å². The van der Waals surface area contributed by atoms with Crippen LogP contribution < -0.4 is 0 Å². The first-order valence-corrected chi connectivity index (χ1v) is 7.73. The van der Waals surface area contributed by atoms with Gasteiger partial charge in [0.15, 0.2) is 0 Å². The molecule has 0 atom stereocenters. The molecule has 0 unspecified atom stereocenters. The monoisotopic (exact) mass is 303 g/mol. The highest BCUT2D eigenvalue weighted by molar-refractivity contribution is 7.89. The second-order valence-corrected chi connectivity index (χ2v) is 7.22. The van der Waals surface area contributed by atoms with E-state index < -0.39 is 28.0 Å². The van der Waals surface area contributed by atoms with Crippen molar-refractivity contribution in [2.75, 3.05) is 19.8 Å². The second kappa shape index (κ2) is 5.40. The van der Waals surface area contributed by atoms with Crippen molar-refractivity contribution in [1.82, 2.24) is 4.31 Å². The predicted molar refractivity (Wildman–Crippen MR) is 71.1 cm³/mol. The van der Waals surface area contributed by atoms with Gasteiger partial charge in [-0.25, -0.2) is 12.8 Å². The Morgan fingerprint density at radius 1 is 1.45 bits per heavy atom. The molecule has 0 aromatic heterocycles. The van der Waals surface area contributed by atoms with Crippen LogP contribution in [0.15, 0.2) is 23.1 Å². The molecule has 7 heteroatoms.